The van der Waals surface area contributed by atoms with Gasteiger partial charge in [0.2, 0.25) is 0 Å². The molecule has 104 valence electrons. The molecule has 0 atom stereocenters. The van der Waals surface area contributed by atoms with Crippen molar-refractivity contribution < 1.29 is 14.4 Å². The Morgan fingerprint density at radius 1 is 1.05 bits per heavy atom. The molecule has 1 aliphatic rings. The molecule has 5 heteroatoms. The molecule has 0 aromatic heterocycles. The lowest BCUT2D eigenvalue weighted by Gasteiger charge is -2.24. The van der Waals surface area contributed by atoms with E-state index in [1.165, 1.54) is 38.2 Å². The number of hydrogen-bond acceptors (Lipinski definition) is 3. The predicted octanol–water partition coefficient (Wildman–Crippen LogP) is 1.27. The highest BCUT2D eigenvalue weighted by atomic mass is 19.1. The summed E-state index contributed by atoms with van der Waals surface area (Å²) in [7, 11) is -1.74. The Bertz CT molecular complexity index is 406. The highest BCUT2D eigenvalue weighted by Gasteiger charge is 2.17. The second-order valence-corrected chi connectivity index (χ2v) is 5.27. The van der Waals surface area contributed by atoms with Gasteiger partial charge < -0.3 is 10.0 Å². The Balaban J connectivity index is 2.03. The van der Waals surface area contributed by atoms with Crippen LogP contribution in [0.2, 0.25) is 0 Å². The number of rotatable bonds is 3. The topological polar surface area (TPSA) is 43.7 Å². The van der Waals surface area contributed by atoms with Crippen molar-refractivity contribution in [3.63, 3.8) is 0 Å². The molecule has 0 amide bonds. The molecule has 2 N–H and O–H groups in total. The van der Waals surface area contributed by atoms with Gasteiger partial charge in [-0.15, -0.1) is 0 Å². The molecule has 2 rings (SSSR count). The van der Waals surface area contributed by atoms with Crippen molar-refractivity contribution in [2.24, 2.45) is 0 Å². The van der Waals surface area contributed by atoms with Crippen LogP contribution in [0.4, 0.5) is 4.39 Å². The van der Waals surface area contributed by atoms with Gasteiger partial charge in [-0.25, -0.2) is 4.39 Å². The third kappa shape index (κ3) is 4.30. The summed E-state index contributed by atoms with van der Waals surface area (Å²) in [5, 5.41) is 18.2. The number of nitrogens with zero attached hydrogens (tertiary/aromatic N) is 1. The van der Waals surface area contributed by atoms with Gasteiger partial charge in [0, 0.05) is 12.0 Å². The van der Waals surface area contributed by atoms with Gasteiger partial charge in [-0.05, 0) is 37.6 Å². The molecule has 1 fully saturated rings. The monoisotopic (exact) mass is 265 g/mol. The van der Waals surface area contributed by atoms with Crippen molar-refractivity contribution in [3.8, 4) is 0 Å². The van der Waals surface area contributed by atoms with E-state index in [4.69, 9.17) is 10.0 Å². The van der Waals surface area contributed by atoms with E-state index in [2.05, 4.69) is 4.90 Å². The van der Waals surface area contributed by atoms with Crippen molar-refractivity contribution in [2.75, 3.05) is 13.1 Å². The zero-order chi connectivity index (χ0) is 13.7. The van der Waals surface area contributed by atoms with Gasteiger partial charge in [0.25, 0.3) is 0 Å². The summed E-state index contributed by atoms with van der Waals surface area (Å²) in [5.41, 5.74) is 0.898. The standard InChI is InChI=1S/C14H21BFNO2/c16-14-7-6-12(10-13(14)15(18)19)11-17-8-4-2-1-3-5-9-17/h6-7,10,18-19H,1-5,8-9,11H2. The molecule has 0 saturated carbocycles. The minimum Gasteiger partial charge on any atom is -0.423 e. The van der Waals surface area contributed by atoms with Gasteiger partial charge in [-0.2, -0.15) is 0 Å². The van der Waals surface area contributed by atoms with Crippen LogP contribution in [0.25, 0.3) is 0 Å². The second-order valence-electron chi connectivity index (χ2n) is 5.27. The molecule has 0 spiro atoms. The van der Waals surface area contributed by atoms with Gasteiger partial charge >= 0.3 is 7.12 Å². The van der Waals surface area contributed by atoms with Crippen LogP contribution in [0.15, 0.2) is 18.2 Å². The van der Waals surface area contributed by atoms with E-state index in [0.29, 0.717) is 0 Å². The Morgan fingerprint density at radius 2 is 1.68 bits per heavy atom. The summed E-state index contributed by atoms with van der Waals surface area (Å²) in [6.07, 6.45) is 6.29. The molecule has 1 heterocycles. The highest BCUT2D eigenvalue weighted by molar-refractivity contribution is 6.58. The van der Waals surface area contributed by atoms with Crippen molar-refractivity contribution >= 4 is 12.6 Å². The van der Waals surface area contributed by atoms with Crippen LogP contribution in [0.1, 0.15) is 37.7 Å². The van der Waals surface area contributed by atoms with Crippen LogP contribution < -0.4 is 5.46 Å². The number of likely N-dealkylation sites (tertiary alicyclic amines) is 1. The lowest BCUT2D eigenvalue weighted by molar-refractivity contribution is 0.240. The summed E-state index contributed by atoms with van der Waals surface area (Å²) in [6, 6.07) is 4.59. The highest BCUT2D eigenvalue weighted by Crippen LogP contribution is 2.13. The number of halogens is 1. The molecule has 0 unspecified atom stereocenters. The maximum Gasteiger partial charge on any atom is 0.491 e. The first-order valence-electron chi connectivity index (χ1n) is 7.03. The van der Waals surface area contributed by atoms with Gasteiger partial charge in [0.05, 0.1) is 0 Å². The maximum absolute atomic E-state index is 13.4. The lowest BCUT2D eigenvalue weighted by atomic mass is 9.79. The molecule has 0 bridgehead atoms. The summed E-state index contributed by atoms with van der Waals surface area (Å²) >= 11 is 0. The van der Waals surface area contributed by atoms with E-state index in [1.54, 1.807) is 12.1 Å². The van der Waals surface area contributed by atoms with E-state index in [9.17, 15) is 4.39 Å². The minimum absolute atomic E-state index is 0.0375. The fraction of sp³-hybridized carbons (Fsp3) is 0.571. The summed E-state index contributed by atoms with van der Waals surface area (Å²) in [6.45, 7) is 2.88. The van der Waals surface area contributed by atoms with Crippen LogP contribution in [-0.2, 0) is 6.54 Å². The smallest absolute Gasteiger partial charge is 0.423 e. The molecule has 3 nitrogen and oxygen atoms in total. The first-order valence-corrected chi connectivity index (χ1v) is 7.03. The Morgan fingerprint density at radius 3 is 2.32 bits per heavy atom. The quantitative estimate of drug-likeness (QED) is 0.809. The van der Waals surface area contributed by atoms with Gasteiger partial charge in [0.15, 0.2) is 0 Å². The molecule has 0 aliphatic carbocycles. The molecular weight excluding hydrogens is 244 g/mol. The van der Waals surface area contributed by atoms with Crippen molar-refractivity contribution in [1.29, 1.82) is 0 Å². The number of hydrogen-bond donors (Lipinski definition) is 2. The van der Waals surface area contributed by atoms with Gasteiger partial charge in [0.1, 0.15) is 5.82 Å². The first kappa shape index (κ1) is 14.5. The Hall–Kier alpha value is -0.905. The fourth-order valence-electron chi connectivity index (χ4n) is 2.62. The van der Waals surface area contributed by atoms with Crippen LogP contribution in [-0.4, -0.2) is 35.2 Å². The summed E-state index contributed by atoms with van der Waals surface area (Å²) in [5.74, 6) is -0.564. The van der Waals surface area contributed by atoms with Crippen LogP contribution >= 0.6 is 0 Å². The normalized spacial score (nSPS) is 17.8. The zero-order valence-electron chi connectivity index (χ0n) is 11.2. The van der Waals surface area contributed by atoms with E-state index in [-0.39, 0.29) is 5.46 Å². The van der Waals surface area contributed by atoms with Crippen LogP contribution in [0.3, 0.4) is 0 Å². The third-order valence-electron chi connectivity index (χ3n) is 3.69. The fourth-order valence-corrected chi connectivity index (χ4v) is 2.62. The maximum atomic E-state index is 13.4. The summed E-state index contributed by atoms with van der Waals surface area (Å²) < 4.78 is 13.4. The van der Waals surface area contributed by atoms with E-state index < -0.39 is 12.9 Å². The molecule has 1 aliphatic heterocycles. The molecule has 1 saturated heterocycles. The van der Waals surface area contributed by atoms with E-state index in [1.807, 2.05) is 0 Å². The first-order chi connectivity index (χ1) is 9.16. The average molecular weight is 265 g/mol. The average Bonchev–Trinajstić information content (AvgIpc) is 2.34. The predicted molar refractivity (Wildman–Crippen MR) is 74.6 cm³/mol. The van der Waals surface area contributed by atoms with Crippen LogP contribution in [0.5, 0.6) is 0 Å². The second kappa shape index (κ2) is 7.03. The molecule has 1 aromatic carbocycles. The SMILES string of the molecule is OB(O)c1cc(CN2CCCCCCC2)ccc1F. The third-order valence-corrected chi connectivity index (χ3v) is 3.69. The van der Waals surface area contributed by atoms with Gasteiger partial charge in [-0.1, -0.05) is 31.4 Å². The zero-order valence-corrected chi connectivity index (χ0v) is 11.2. The minimum atomic E-state index is -1.74. The van der Waals surface area contributed by atoms with E-state index in [0.717, 1.165) is 25.2 Å². The van der Waals surface area contributed by atoms with Crippen molar-refractivity contribution in [1.82, 2.24) is 4.90 Å². The Kier molecular flexibility index (Phi) is 5.37. The summed E-state index contributed by atoms with van der Waals surface area (Å²) in [4.78, 5) is 2.36. The molecule has 19 heavy (non-hydrogen) atoms. The van der Waals surface area contributed by atoms with Crippen LogP contribution in [0, 0.1) is 5.82 Å². The molecular formula is C14H21BFNO2. The van der Waals surface area contributed by atoms with Crippen molar-refractivity contribution in [2.45, 2.75) is 38.6 Å². The largest absolute Gasteiger partial charge is 0.491 e. The Labute approximate surface area is 114 Å². The number of benzene rings is 1. The van der Waals surface area contributed by atoms with Crippen molar-refractivity contribution in [3.05, 3.63) is 29.6 Å². The molecule has 0 radical (unpaired) electrons. The van der Waals surface area contributed by atoms with Gasteiger partial charge in [-0.3, -0.25) is 4.90 Å². The lowest BCUT2D eigenvalue weighted by Crippen LogP contribution is -2.34. The van der Waals surface area contributed by atoms with E-state index >= 15 is 0 Å². The molecule has 1 aromatic rings.